The Morgan fingerprint density at radius 2 is 1.49 bits per heavy atom. The van der Waals surface area contributed by atoms with E-state index in [2.05, 4.69) is 143 Å². The van der Waals surface area contributed by atoms with E-state index in [4.69, 9.17) is 9.40 Å². The van der Waals surface area contributed by atoms with Gasteiger partial charge in [-0.25, -0.2) is 4.98 Å². The Balaban J connectivity index is 0.000000211. The van der Waals surface area contributed by atoms with Crippen molar-refractivity contribution in [2.24, 2.45) is 5.92 Å². The van der Waals surface area contributed by atoms with Crippen LogP contribution in [0, 0.1) is 25.0 Å². The predicted molar refractivity (Wildman–Crippen MR) is 217 cm³/mol. The summed E-state index contributed by atoms with van der Waals surface area (Å²) in [4.78, 5) is 14.0. The van der Waals surface area contributed by atoms with Crippen molar-refractivity contribution in [2.45, 2.75) is 66.5 Å². The van der Waals surface area contributed by atoms with E-state index < -0.39 is 16.1 Å². The summed E-state index contributed by atoms with van der Waals surface area (Å²) in [6.07, 6.45) is 5.06. The number of aryl methyl sites for hydroxylation is 1. The van der Waals surface area contributed by atoms with Gasteiger partial charge in [0.2, 0.25) is 5.71 Å². The maximum atomic E-state index is 6.24. The van der Waals surface area contributed by atoms with Crippen molar-refractivity contribution in [3.63, 3.8) is 0 Å². The first-order valence-electron chi connectivity index (χ1n) is 17.5. The van der Waals surface area contributed by atoms with Gasteiger partial charge in [-0.15, -0.1) is 54.1 Å². The molecule has 0 atom stereocenters. The SMILES string of the molecule is CC(C)Cc1cc(-c2[c-]cccc2)ncc1[Si](C)(C)C.Cc1ccnc(-c2[c-]ccc3c2oc2nc(-c4ccc([Si](C)(C)C)cc4)ccc23)c1.[Ir]. The number of hydrogen-bond acceptors (Lipinski definition) is 4. The predicted octanol–water partition coefficient (Wildman–Crippen LogP) is 10.7. The molecule has 0 amide bonds. The van der Waals surface area contributed by atoms with Crippen LogP contribution < -0.4 is 10.4 Å². The van der Waals surface area contributed by atoms with E-state index in [0.717, 1.165) is 62.1 Å². The third-order valence-electron chi connectivity index (χ3n) is 8.93. The molecule has 0 saturated heterocycles. The van der Waals surface area contributed by atoms with E-state index in [-0.39, 0.29) is 20.1 Å². The van der Waals surface area contributed by atoms with E-state index in [1.165, 1.54) is 15.9 Å². The van der Waals surface area contributed by atoms with Gasteiger partial charge in [0.1, 0.15) is 0 Å². The second kappa shape index (κ2) is 15.7. The van der Waals surface area contributed by atoms with Crippen molar-refractivity contribution in [3.8, 4) is 33.8 Å². The van der Waals surface area contributed by atoms with E-state index in [1.807, 2.05) is 42.6 Å². The minimum Gasteiger partial charge on any atom is -0.486 e. The van der Waals surface area contributed by atoms with Crippen molar-refractivity contribution in [1.82, 2.24) is 15.0 Å². The molecule has 7 aromatic rings. The molecule has 0 bridgehead atoms. The summed E-state index contributed by atoms with van der Waals surface area (Å²) in [6.45, 7) is 20.9. The average Bonchev–Trinajstić information content (AvgIpc) is 3.46. The molecule has 7 rings (SSSR count). The van der Waals surface area contributed by atoms with Crippen molar-refractivity contribution in [2.75, 3.05) is 0 Å². The standard InChI is InChI=1S/C26H23N2OSi.C18H24NSi.Ir/c1-17-14-15-27-24(16-17)22-7-5-6-20-21-12-13-23(28-26(21)29-25(20)22)18-8-10-19(11-9-18)30(2,3)4;1-14(2)11-16-12-17(15-9-7-6-8-10-15)19-13-18(16)20(3,4)5;/h5-6,8-16H,1-4H3;6-9,12-14H,11H2,1-5H3;/q2*-1;. The third-order valence-corrected chi connectivity index (χ3v) is 13.1. The van der Waals surface area contributed by atoms with Crippen LogP contribution in [0.1, 0.15) is 25.0 Å². The molecule has 0 aliphatic rings. The van der Waals surface area contributed by atoms with Crippen molar-refractivity contribution >= 4 is 48.6 Å². The first-order valence-corrected chi connectivity index (χ1v) is 24.5. The molecule has 0 spiro atoms. The Labute approximate surface area is 319 Å². The van der Waals surface area contributed by atoms with Crippen LogP contribution in [0.25, 0.3) is 55.8 Å². The van der Waals surface area contributed by atoms with Crippen molar-refractivity contribution in [3.05, 3.63) is 127 Å². The quantitative estimate of drug-likeness (QED) is 0.118. The van der Waals surface area contributed by atoms with Gasteiger partial charge in [-0.1, -0.05) is 117 Å². The molecule has 0 fully saturated rings. The fraction of sp³-hybridized carbons (Fsp3) is 0.250. The van der Waals surface area contributed by atoms with Crippen LogP contribution in [0.3, 0.4) is 0 Å². The van der Waals surface area contributed by atoms with Crippen molar-refractivity contribution < 1.29 is 24.5 Å². The Morgan fingerprint density at radius 1 is 0.725 bits per heavy atom. The molecule has 1 radical (unpaired) electrons. The molecular formula is C44H47IrN3OSi2-2. The number of benzene rings is 3. The number of aromatic nitrogens is 3. The van der Waals surface area contributed by atoms with Crippen LogP contribution in [0.5, 0.6) is 0 Å². The first kappa shape index (κ1) is 38.2. The normalized spacial score (nSPS) is 11.7. The molecule has 7 heteroatoms. The van der Waals surface area contributed by atoms with E-state index in [0.29, 0.717) is 11.6 Å². The number of furan rings is 1. The van der Waals surface area contributed by atoms with Crippen LogP contribution in [0.15, 0.2) is 108 Å². The molecule has 51 heavy (non-hydrogen) atoms. The summed E-state index contributed by atoms with van der Waals surface area (Å²) < 4.78 is 6.24. The first-order chi connectivity index (χ1) is 23.8. The summed E-state index contributed by atoms with van der Waals surface area (Å²) in [5.74, 6) is 0.667. The average molecular weight is 882 g/mol. The molecule has 4 nitrogen and oxygen atoms in total. The maximum absolute atomic E-state index is 6.24. The molecular weight excluding hydrogens is 835 g/mol. The van der Waals surface area contributed by atoms with Crippen molar-refractivity contribution in [1.29, 1.82) is 0 Å². The van der Waals surface area contributed by atoms with Gasteiger partial charge in [-0.05, 0) is 54.0 Å². The van der Waals surface area contributed by atoms with E-state index >= 15 is 0 Å². The molecule has 4 heterocycles. The van der Waals surface area contributed by atoms with Gasteiger partial charge in [-0.3, -0.25) is 0 Å². The second-order valence-corrected chi connectivity index (χ2v) is 25.8. The minimum atomic E-state index is -1.34. The Bertz CT molecular complexity index is 2250. The minimum absolute atomic E-state index is 0. The molecule has 0 aliphatic carbocycles. The summed E-state index contributed by atoms with van der Waals surface area (Å²) in [6, 6.07) is 37.9. The Kier molecular flexibility index (Phi) is 11.8. The molecule has 0 N–H and O–H groups in total. The van der Waals surface area contributed by atoms with Crippen LogP contribution in [-0.2, 0) is 26.5 Å². The zero-order valence-electron chi connectivity index (χ0n) is 31.2. The zero-order chi connectivity index (χ0) is 35.6. The van der Waals surface area contributed by atoms with E-state index in [1.54, 1.807) is 0 Å². The molecule has 0 unspecified atom stereocenters. The molecule has 4 aromatic heterocycles. The Hall–Kier alpha value is -4.01. The number of rotatable bonds is 7. The van der Waals surface area contributed by atoms with Crippen LogP contribution >= 0.6 is 0 Å². The summed E-state index contributed by atoms with van der Waals surface area (Å²) in [7, 11) is -2.66. The van der Waals surface area contributed by atoms with Gasteiger partial charge < -0.3 is 14.4 Å². The van der Waals surface area contributed by atoms with Gasteiger partial charge in [0, 0.05) is 43.4 Å². The van der Waals surface area contributed by atoms with Crippen LogP contribution in [0.4, 0.5) is 0 Å². The largest absolute Gasteiger partial charge is 0.486 e. The second-order valence-electron chi connectivity index (χ2n) is 15.6. The van der Waals surface area contributed by atoms with Gasteiger partial charge in [0.25, 0.3) is 0 Å². The van der Waals surface area contributed by atoms with E-state index in [9.17, 15) is 0 Å². The summed E-state index contributed by atoms with van der Waals surface area (Å²) in [5.41, 5.74) is 9.94. The molecule has 0 aliphatic heterocycles. The molecule has 263 valence electrons. The monoisotopic (exact) mass is 882 g/mol. The summed E-state index contributed by atoms with van der Waals surface area (Å²) >= 11 is 0. The zero-order valence-corrected chi connectivity index (χ0v) is 35.6. The number of fused-ring (bicyclic) bond motifs is 3. The fourth-order valence-electron chi connectivity index (χ4n) is 6.27. The van der Waals surface area contributed by atoms with Gasteiger partial charge in [0.15, 0.2) is 0 Å². The fourth-order valence-corrected chi connectivity index (χ4v) is 9.02. The topological polar surface area (TPSA) is 51.8 Å². The molecule has 0 saturated carbocycles. The van der Waals surface area contributed by atoms with Crippen LogP contribution in [0.2, 0.25) is 39.3 Å². The van der Waals surface area contributed by atoms with Gasteiger partial charge in [0.05, 0.1) is 27.4 Å². The van der Waals surface area contributed by atoms with Crippen LogP contribution in [-0.4, -0.2) is 31.1 Å². The Morgan fingerprint density at radius 3 is 2.14 bits per heavy atom. The third kappa shape index (κ3) is 8.90. The summed E-state index contributed by atoms with van der Waals surface area (Å²) in [5, 5.41) is 4.98. The smallest absolute Gasteiger partial charge is 0.216 e. The maximum Gasteiger partial charge on any atom is 0.216 e. The molecule has 3 aromatic carbocycles. The van der Waals surface area contributed by atoms with Gasteiger partial charge in [-0.2, -0.15) is 0 Å². The number of hydrogen-bond donors (Lipinski definition) is 0. The number of nitrogens with zero attached hydrogens (tertiary/aromatic N) is 3. The van der Waals surface area contributed by atoms with Gasteiger partial charge >= 0.3 is 0 Å². The number of pyridine rings is 3.